The van der Waals surface area contributed by atoms with E-state index < -0.39 is 0 Å². The van der Waals surface area contributed by atoms with Gasteiger partial charge in [-0.2, -0.15) is 0 Å². The maximum absolute atomic E-state index is 6.45. The summed E-state index contributed by atoms with van der Waals surface area (Å²) in [5.41, 5.74) is 10.1. The average Bonchev–Trinajstić information content (AvgIpc) is 3.74. The van der Waals surface area contributed by atoms with E-state index in [9.17, 15) is 0 Å². The molecule has 0 saturated heterocycles. The van der Waals surface area contributed by atoms with E-state index in [0.717, 1.165) is 55.4 Å². The molecule has 3 aromatic heterocycles. The van der Waals surface area contributed by atoms with Crippen molar-refractivity contribution >= 4 is 43.7 Å². The molecule has 0 N–H and O–H groups in total. The maximum Gasteiger partial charge on any atom is 0.164 e. The maximum atomic E-state index is 6.45. The van der Waals surface area contributed by atoms with Crippen LogP contribution in [0.25, 0.3) is 94.7 Å². The number of hydrogen-bond donors (Lipinski definition) is 0. The second kappa shape index (κ2) is 11.4. The first kappa shape index (κ1) is 28.2. The molecular weight excluding hydrogens is 613 g/mol. The molecule has 234 valence electrons. The Morgan fingerprint density at radius 2 is 0.980 bits per heavy atom. The molecule has 0 atom stereocenters. The summed E-state index contributed by atoms with van der Waals surface area (Å²) in [6, 6.07) is 58.6. The van der Waals surface area contributed by atoms with Crippen LogP contribution in [0.3, 0.4) is 0 Å². The van der Waals surface area contributed by atoms with Crippen molar-refractivity contribution in [1.29, 1.82) is 0 Å². The molecule has 3 heterocycles. The van der Waals surface area contributed by atoms with Gasteiger partial charge in [-0.05, 0) is 53.6 Å². The van der Waals surface area contributed by atoms with Crippen LogP contribution in [-0.4, -0.2) is 19.5 Å². The molecule has 0 aliphatic heterocycles. The molecule has 10 rings (SSSR count). The monoisotopic (exact) mass is 640 g/mol. The van der Waals surface area contributed by atoms with E-state index in [1.54, 1.807) is 0 Å². The van der Waals surface area contributed by atoms with E-state index in [2.05, 4.69) is 102 Å². The van der Waals surface area contributed by atoms with E-state index in [4.69, 9.17) is 19.4 Å². The van der Waals surface area contributed by atoms with Gasteiger partial charge in [0.15, 0.2) is 17.5 Å². The van der Waals surface area contributed by atoms with Crippen LogP contribution in [0.1, 0.15) is 0 Å². The molecule has 0 aliphatic rings. The minimum atomic E-state index is 0.602. The van der Waals surface area contributed by atoms with E-state index >= 15 is 0 Å². The summed E-state index contributed by atoms with van der Waals surface area (Å²) in [4.78, 5) is 15.0. The Hall–Kier alpha value is -6.85. The van der Waals surface area contributed by atoms with Crippen LogP contribution in [-0.2, 0) is 0 Å². The summed E-state index contributed by atoms with van der Waals surface area (Å²) in [6.07, 6.45) is 0. The van der Waals surface area contributed by atoms with Crippen molar-refractivity contribution in [3.8, 4) is 51.0 Å². The molecule has 5 nitrogen and oxygen atoms in total. The van der Waals surface area contributed by atoms with Crippen molar-refractivity contribution in [1.82, 2.24) is 19.5 Å². The van der Waals surface area contributed by atoms with Crippen LogP contribution in [0.5, 0.6) is 0 Å². The van der Waals surface area contributed by atoms with Gasteiger partial charge in [0.05, 0.1) is 11.0 Å². The number of hydrogen-bond acceptors (Lipinski definition) is 4. The number of aromatic nitrogens is 4. The lowest BCUT2D eigenvalue weighted by Crippen LogP contribution is -2.00. The molecule has 0 aliphatic carbocycles. The van der Waals surface area contributed by atoms with Crippen molar-refractivity contribution < 1.29 is 4.42 Å². The Kier molecular flexibility index (Phi) is 6.42. The molecule has 10 aromatic rings. The fraction of sp³-hybridized carbons (Fsp3) is 0. The lowest BCUT2D eigenvalue weighted by molar-refractivity contribution is 0.669. The zero-order valence-corrected chi connectivity index (χ0v) is 26.9. The van der Waals surface area contributed by atoms with Crippen LogP contribution >= 0.6 is 0 Å². The Morgan fingerprint density at radius 1 is 0.380 bits per heavy atom. The molecule has 7 aromatic carbocycles. The highest BCUT2D eigenvalue weighted by Gasteiger charge is 2.19. The fourth-order valence-corrected chi connectivity index (χ4v) is 7.13. The van der Waals surface area contributed by atoms with Crippen LogP contribution in [0, 0.1) is 0 Å². The van der Waals surface area contributed by atoms with Crippen LogP contribution in [0.4, 0.5) is 0 Å². The molecule has 0 unspecified atom stereocenters. The van der Waals surface area contributed by atoms with E-state index in [-0.39, 0.29) is 0 Å². The van der Waals surface area contributed by atoms with Gasteiger partial charge in [-0.3, -0.25) is 0 Å². The van der Waals surface area contributed by atoms with Crippen LogP contribution < -0.4 is 0 Å². The predicted molar refractivity (Wildman–Crippen MR) is 203 cm³/mol. The molecule has 50 heavy (non-hydrogen) atoms. The van der Waals surface area contributed by atoms with E-state index in [1.807, 2.05) is 72.8 Å². The van der Waals surface area contributed by atoms with Crippen molar-refractivity contribution in [2.45, 2.75) is 0 Å². The van der Waals surface area contributed by atoms with Gasteiger partial charge in [0, 0.05) is 43.9 Å². The Labute approximate surface area is 287 Å². The third-order valence-corrected chi connectivity index (χ3v) is 9.46. The standard InChI is InChI=1S/C45H28N4O/c1-4-13-29(14-5-1)43-46-44(30-15-6-2-7-16-30)48-45(47-43)36-20-12-22-41-42(36)37-27-31(24-26-40(37)50-41)32-23-25-35-34-19-10-11-21-38(34)49(39(35)28-32)33-17-8-3-9-18-33/h1-28H. The summed E-state index contributed by atoms with van der Waals surface area (Å²) >= 11 is 0. The predicted octanol–water partition coefficient (Wildman–Crippen LogP) is 11.5. The first-order valence-corrected chi connectivity index (χ1v) is 16.7. The SMILES string of the molecule is c1ccc(-c2nc(-c3ccccc3)nc(-c3cccc4oc5ccc(-c6ccc7c8ccccc8n(-c8ccccc8)c7c6)cc5c34)n2)cc1. The smallest absolute Gasteiger partial charge is 0.164 e. The third kappa shape index (κ3) is 4.60. The second-order valence-electron chi connectivity index (χ2n) is 12.5. The number of furan rings is 1. The highest BCUT2D eigenvalue weighted by molar-refractivity contribution is 6.13. The molecule has 0 radical (unpaired) electrons. The highest BCUT2D eigenvalue weighted by Crippen LogP contribution is 2.40. The molecule has 0 amide bonds. The number of rotatable bonds is 5. The van der Waals surface area contributed by atoms with E-state index in [1.165, 1.54) is 21.8 Å². The number of para-hydroxylation sites is 2. The van der Waals surface area contributed by atoms with Gasteiger partial charge in [0.25, 0.3) is 0 Å². The number of fused-ring (bicyclic) bond motifs is 6. The van der Waals surface area contributed by atoms with Gasteiger partial charge in [-0.15, -0.1) is 0 Å². The molecule has 0 spiro atoms. The second-order valence-corrected chi connectivity index (χ2v) is 12.5. The topological polar surface area (TPSA) is 56.7 Å². The van der Waals surface area contributed by atoms with E-state index in [0.29, 0.717) is 17.5 Å². The average molecular weight is 641 g/mol. The molecule has 5 heteroatoms. The molecule has 0 saturated carbocycles. The van der Waals surface area contributed by atoms with Gasteiger partial charge >= 0.3 is 0 Å². The largest absolute Gasteiger partial charge is 0.456 e. The zero-order valence-electron chi connectivity index (χ0n) is 26.9. The van der Waals surface area contributed by atoms with Crippen molar-refractivity contribution in [2.75, 3.05) is 0 Å². The lowest BCUT2D eigenvalue weighted by Gasteiger charge is -2.10. The van der Waals surface area contributed by atoms with Gasteiger partial charge in [0.2, 0.25) is 0 Å². The van der Waals surface area contributed by atoms with Crippen molar-refractivity contribution in [3.63, 3.8) is 0 Å². The Morgan fingerprint density at radius 3 is 1.72 bits per heavy atom. The third-order valence-electron chi connectivity index (χ3n) is 9.46. The van der Waals surface area contributed by atoms with Gasteiger partial charge < -0.3 is 8.98 Å². The minimum absolute atomic E-state index is 0.602. The van der Waals surface area contributed by atoms with Crippen molar-refractivity contribution in [2.24, 2.45) is 0 Å². The summed E-state index contributed by atoms with van der Waals surface area (Å²) in [5.74, 6) is 1.86. The molecule has 0 fully saturated rings. The summed E-state index contributed by atoms with van der Waals surface area (Å²) in [6.45, 7) is 0. The quantitative estimate of drug-likeness (QED) is 0.188. The first-order chi connectivity index (χ1) is 24.8. The minimum Gasteiger partial charge on any atom is -0.456 e. The van der Waals surface area contributed by atoms with Gasteiger partial charge in [0.1, 0.15) is 11.2 Å². The lowest BCUT2D eigenvalue weighted by atomic mass is 9.99. The zero-order chi connectivity index (χ0) is 33.0. The Balaban J connectivity index is 1.17. The summed E-state index contributed by atoms with van der Waals surface area (Å²) in [7, 11) is 0. The number of nitrogens with zero attached hydrogens (tertiary/aromatic N) is 4. The first-order valence-electron chi connectivity index (χ1n) is 16.7. The summed E-state index contributed by atoms with van der Waals surface area (Å²) < 4.78 is 8.80. The van der Waals surface area contributed by atoms with Crippen LogP contribution in [0.15, 0.2) is 174 Å². The van der Waals surface area contributed by atoms with Crippen LogP contribution in [0.2, 0.25) is 0 Å². The normalized spacial score (nSPS) is 11.6. The number of benzene rings is 7. The molecular formula is C45H28N4O. The fourth-order valence-electron chi connectivity index (χ4n) is 7.13. The van der Waals surface area contributed by atoms with Gasteiger partial charge in [-0.25, -0.2) is 15.0 Å². The van der Waals surface area contributed by atoms with Crippen molar-refractivity contribution in [3.05, 3.63) is 170 Å². The highest BCUT2D eigenvalue weighted by atomic mass is 16.3. The van der Waals surface area contributed by atoms with Gasteiger partial charge in [-0.1, -0.05) is 127 Å². The summed E-state index contributed by atoms with van der Waals surface area (Å²) in [5, 5.41) is 4.46. The Bertz CT molecular complexity index is 2800. The molecule has 0 bridgehead atoms.